The highest BCUT2D eigenvalue weighted by molar-refractivity contribution is 5.02. The summed E-state index contributed by atoms with van der Waals surface area (Å²) in [5, 5.41) is 0. The number of rotatable bonds is 0. The number of hydrogen-bond acceptors (Lipinski definition) is 0. The van der Waals surface area contributed by atoms with E-state index in [1.807, 2.05) is 0 Å². The average molecular weight is 148 g/mol. The number of allylic oxidation sites excluding steroid dienone is 1. The summed E-state index contributed by atoms with van der Waals surface area (Å²) in [5.74, 6) is 2.12. The summed E-state index contributed by atoms with van der Waals surface area (Å²) in [6.07, 6.45) is 9.19. The first-order valence-electron chi connectivity index (χ1n) is 4.77. The molecule has 0 bridgehead atoms. The fourth-order valence-corrected chi connectivity index (χ4v) is 2.04. The van der Waals surface area contributed by atoms with E-state index >= 15 is 0 Å². The predicted molar refractivity (Wildman–Crippen MR) is 47.3 cm³/mol. The molecule has 0 saturated heterocycles. The maximum absolute atomic E-state index is 3.37. The van der Waals surface area contributed by atoms with Gasteiger partial charge in [0, 0.05) is 0 Å². The van der Waals surface area contributed by atoms with Gasteiger partial charge in [-0.05, 0) is 62.5 Å². The molecular formula is C11H16. The molecule has 0 spiro atoms. The summed E-state index contributed by atoms with van der Waals surface area (Å²) >= 11 is 0. The van der Waals surface area contributed by atoms with Gasteiger partial charge < -0.3 is 0 Å². The van der Waals surface area contributed by atoms with Gasteiger partial charge in [0.15, 0.2) is 0 Å². The van der Waals surface area contributed by atoms with Crippen LogP contribution in [-0.4, -0.2) is 0 Å². The third-order valence-electron chi connectivity index (χ3n) is 2.96. The maximum Gasteiger partial charge on any atom is -0.0243 e. The van der Waals surface area contributed by atoms with Gasteiger partial charge in [0.05, 0.1) is 0 Å². The van der Waals surface area contributed by atoms with Crippen LogP contribution < -0.4 is 0 Å². The third kappa shape index (κ3) is 1.75. The Balaban J connectivity index is 2.02. The molecule has 0 aromatic carbocycles. The van der Waals surface area contributed by atoms with Crippen molar-refractivity contribution < 1.29 is 0 Å². The molecule has 0 N–H and O–H groups in total. The van der Waals surface area contributed by atoms with Crippen LogP contribution in [0.2, 0.25) is 0 Å². The summed E-state index contributed by atoms with van der Waals surface area (Å²) in [7, 11) is 0. The van der Waals surface area contributed by atoms with Crippen LogP contribution in [0.1, 0.15) is 39.0 Å². The van der Waals surface area contributed by atoms with Crippen molar-refractivity contribution in [1.29, 1.82) is 0 Å². The van der Waals surface area contributed by atoms with Gasteiger partial charge in [0.25, 0.3) is 0 Å². The molecule has 0 nitrogen and oxygen atoms in total. The molecule has 0 radical (unpaired) electrons. The molecular weight excluding hydrogens is 132 g/mol. The largest absolute Gasteiger partial charge is 0.126 e. The van der Waals surface area contributed by atoms with Crippen molar-refractivity contribution in [2.24, 2.45) is 11.8 Å². The Morgan fingerprint density at radius 2 is 2.36 bits per heavy atom. The lowest BCUT2D eigenvalue weighted by Crippen LogP contribution is -1.81. The first kappa shape index (κ1) is 7.18. The molecule has 0 aromatic heterocycles. The molecule has 2 rings (SSSR count). The topological polar surface area (TPSA) is 0 Å². The van der Waals surface area contributed by atoms with Crippen molar-refractivity contribution in [2.75, 3.05) is 0 Å². The molecule has 2 aliphatic carbocycles. The van der Waals surface area contributed by atoms with Crippen LogP contribution in [0.25, 0.3) is 0 Å². The van der Waals surface area contributed by atoms with Gasteiger partial charge in [0.1, 0.15) is 0 Å². The summed E-state index contributed by atoms with van der Waals surface area (Å²) < 4.78 is 0. The molecule has 1 saturated carbocycles. The Kier molecular flexibility index (Phi) is 1.87. The van der Waals surface area contributed by atoms with Crippen molar-refractivity contribution in [1.82, 2.24) is 0 Å². The van der Waals surface area contributed by atoms with E-state index in [0.29, 0.717) is 0 Å². The van der Waals surface area contributed by atoms with E-state index in [1.54, 1.807) is 0 Å². The van der Waals surface area contributed by atoms with Gasteiger partial charge >= 0.3 is 0 Å². The van der Waals surface area contributed by atoms with Gasteiger partial charge in [0.2, 0.25) is 0 Å². The van der Waals surface area contributed by atoms with Crippen molar-refractivity contribution in [2.45, 2.75) is 39.0 Å². The number of hydrogen-bond donors (Lipinski definition) is 0. The molecule has 2 unspecified atom stereocenters. The van der Waals surface area contributed by atoms with E-state index in [4.69, 9.17) is 0 Å². The molecule has 11 heavy (non-hydrogen) atoms. The number of fused-ring (bicyclic) bond motifs is 1. The summed E-state index contributed by atoms with van der Waals surface area (Å²) in [5.41, 5.74) is 4.82. The van der Waals surface area contributed by atoms with Crippen molar-refractivity contribution >= 4 is 0 Å². The second-order valence-corrected chi connectivity index (χ2v) is 4.01. The lowest BCUT2D eigenvalue weighted by atomic mass is 10.1. The van der Waals surface area contributed by atoms with Crippen LogP contribution in [-0.2, 0) is 0 Å². The molecule has 2 atom stereocenters. The molecule has 0 aromatic rings. The summed E-state index contributed by atoms with van der Waals surface area (Å²) in [6.45, 7) is 2.20. The standard InChI is InChI=1S/C11H16/c1-9-4-2-6-10-8-11(10)7-3-5-9/h2,10-11H,3,5-8H2,1H3. The smallest absolute Gasteiger partial charge is 0.0243 e. The fraction of sp³-hybridized carbons (Fsp3) is 0.727. The Labute approximate surface area is 69.0 Å². The van der Waals surface area contributed by atoms with Crippen LogP contribution in [0.15, 0.2) is 17.4 Å². The lowest BCUT2D eigenvalue weighted by Gasteiger charge is -1.96. The molecule has 1 fully saturated rings. The highest BCUT2D eigenvalue weighted by Gasteiger charge is 2.34. The van der Waals surface area contributed by atoms with Gasteiger partial charge in [-0.25, -0.2) is 0 Å². The normalized spacial score (nSPS) is 36.3. The van der Waals surface area contributed by atoms with E-state index in [2.05, 4.69) is 18.7 Å². The Hall–Kier alpha value is -0.480. The van der Waals surface area contributed by atoms with Crippen molar-refractivity contribution in [3.05, 3.63) is 17.4 Å². The Morgan fingerprint density at radius 1 is 1.45 bits per heavy atom. The van der Waals surface area contributed by atoms with E-state index in [1.165, 1.54) is 37.7 Å². The second-order valence-electron chi connectivity index (χ2n) is 4.01. The highest BCUT2D eigenvalue weighted by Crippen LogP contribution is 2.45. The van der Waals surface area contributed by atoms with Crippen LogP contribution >= 0.6 is 0 Å². The lowest BCUT2D eigenvalue weighted by molar-refractivity contribution is 0.615. The Morgan fingerprint density at radius 3 is 3.27 bits per heavy atom. The van der Waals surface area contributed by atoms with Gasteiger partial charge in [-0.1, -0.05) is 0 Å². The average Bonchev–Trinajstić information content (AvgIpc) is 2.67. The molecule has 60 valence electrons. The quantitative estimate of drug-likeness (QED) is 0.462. The van der Waals surface area contributed by atoms with E-state index < -0.39 is 0 Å². The van der Waals surface area contributed by atoms with Gasteiger partial charge in [-0.15, -0.1) is 5.73 Å². The van der Waals surface area contributed by atoms with Crippen LogP contribution in [0.3, 0.4) is 0 Å². The fourth-order valence-electron chi connectivity index (χ4n) is 2.04. The first-order valence-corrected chi connectivity index (χ1v) is 4.77. The van der Waals surface area contributed by atoms with E-state index in [9.17, 15) is 0 Å². The van der Waals surface area contributed by atoms with E-state index in [-0.39, 0.29) is 0 Å². The molecule has 0 amide bonds. The Bertz CT molecular complexity index is 206. The molecule has 2 aliphatic rings. The SMILES string of the molecule is CC1=C=CCC2CC2CCC1. The zero-order chi connectivity index (χ0) is 7.68. The van der Waals surface area contributed by atoms with Gasteiger partial charge in [-0.2, -0.15) is 0 Å². The monoisotopic (exact) mass is 148 g/mol. The van der Waals surface area contributed by atoms with Crippen LogP contribution in [0.4, 0.5) is 0 Å². The molecule has 0 heterocycles. The second kappa shape index (κ2) is 2.87. The maximum atomic E-state index is 3.37. The predicted octanol–water partition coefficient (Wildman–Crippen LogP) is 3.30. The third-order valence-corrected chi connectivity index (χ3v) is 2.96. The van der Waals surface area contributed by atoms with Crippen LogP contribution in [0, 0.1) is 11.8 Å². The van der Waals surface area contributed by atoms with Crippen molar-refractivity contribution in [3.63, 3.8) is 0 Å². The minimum Gasteiger partial charge on any atom is -0.126 e. The zero-order valence-electron chi connectivity index (χ0n) is 7.27. The summed E-state index contributed by atoms with van der Waals surface area (Å²) in [4.78, 5) is 0. The minimum atomic E-state index is 1.04. The zero-order valence-corrected chi connectivity index (χ0v) is 7.27. The molecule has 0 aliphatic heterocycles. The van der Waals surface area contributed by atoms with Gasteiger partial charge in [-0.3, -0.25) is 0 Å². The summed E-state index contributed by atoms with van der Waals surface area (Å²) in [6, 6.07) is 0. The van der Waals surface area contributed by atoms with Crippen LogP contribution in [0.5, 0.6) is 0 Å². The van der Waals surface area contributed by atoms with E-state index in [0.717, 1.165) is 11.8 Å². The van der Waals surface area contributed by atoms with Crippen molar-refractivity contribution in [3.8, 4) is 0 Å². The molecule has 0 heteroatoms. The minimum absolute atomic E-state index is 1.04. The highest BCUT2D eigenvalue weighted by atomic mass is 14.4. The first-order chi connectivity index (χ1) is 5.36.